The van der Waals surface area contributed by atoms with Crippen LogP contribution < -0.4 is 10.5 Å². The lowest BCUT2D eigenvalue weighted by atomic mass is 10.2. The average Bonchev–Trinajstić information content (AvgIpc) is 3.16. The molecule has 0 amide bonds. The van der Waals surface area contributed by atoms with E-state index in [1.807, 2.05) is 53.3 Å². The Bertz CT molecular complexity index is 802. The molecule has 0 bridgehead atoms. The normalized spacial score (nSPS) is 11.0. The monoisotopic (exact) mass is 374 g/mol. The third kappa shape index (κ3) is 5.27. The molecule has 0 spiro atoms. The van der Waals surface area contributed by atoms with Crippen LogP contribution in [0.15, 0.2) is 72.0 Å². The van der Waals surface area contributed by atoms with Crippen molar-refractivity contribution in [2.45, 2.75) is 5.75 Å². The first-order chi connectivity index (χ1) is 11.7. The van der Waals surface area contributed by atoms with Crippen LogP contribution >= 0.6 is 24.2 Å². The molecule has 7 heteroatoms. The van der Waals surface area contributed by atoms with Crippen LogP contribution in [0.1, 0.15) is 5.56 Å². The van der Waals surface area contributed by atoms with Gasteiger partial charge < -0.3 is 10.5 Å². The Kier molecular flexibility index (Phi) is 6.91. The Morgan fingerprint density at radius 3 is 2.48 bits per heavy atom. The summed E-state index contributed by atoms with van der Waals surface area (Å²) in [6.45, 7) is 0. The van der Waals surface area contributed by atoms with E-state index < -0.39 is 0 Å². The summed E-state index contributed by atoms with van der Waals surface area (Å²) in [6, 6.07) is 17.6. The second kappa shape index (κ2) is 9.15. The van der Waals surface area contributed by atoms with Crippen molar-refractivity contribution in [3.8, 4) is 11.4 Å². The van der Waals surface area contributed by atoms with E-state index in [4.69, 9.17) is 10.5 Å². The Hall–Kier alpha value is -2.44. The van der Waals surface area contributed by atoms with Gasteiger partial charge in [-0.15, -0.1) is 12.4 Å². The van der Waals surface area contributed by atoms with Gasteiger partial charge in [0.15, 0.2) is 5.17 Å². The first-order valence-corrected chi connectivity index (χ1v) is 8.43. The van der Waals surface area contributed by atoms with E-state index in [9.17, 15) is 0 Å². The number of benzene rings is 2. The molecule has 130 valence electrons. The van der Waals surface area contributed by atoms with Crippen LogP contribution in [0.25, 0.3) is 5.69 Å². The van der Waals surface area contributed by atoms with Crippen LogP contribution in [0.2, 0.25) is 0 Å². The third-order valence-electron chi connectivity index (χ3n) is 3.40. The Balaban J connectivity index is 0.00000225. The maximum absolute atomic E-state index is 6.00. The summed E-state index contributed by atoms with van der Waals surface area (Å²) in [4.78, 5) is 4.40. The number of methoxy groups -OCH3 is 1. The molecule has 0 atom stereocenters. The highest BCUT2D eigenvalue weighted by Crippen LogP contribution is 2.20. The van der Waals surface area contributed by atoms with Crippen molar-refractivity contribution in [3.05, 3.63) is 72.6 Å². The largest absolute Gasteiger partial charge is 0.497 e. The minimum Gasteiger partial charge on any atom is -0.497 e. The van der Waals surface area contributed by atoms with E-state index >= 15 is 0 Å². The maximum Gasteiger partial charge on any atom is 0.159 e. The summed E-state index contributed by atoms with van der Waals surface area (Å²) in [5.41, 5.74) is 9.03. The van der Waals surface area contributed by atoms with Crippen molar-refractivity contribution >= 4 is 35.0 Å². The number of hydrogen-bond acceptors (Lipinski definition) is 4. The number of halogens is 1. The molecule has 0 radical (unpaired) electrons. The van der Waals surface area contributed by atoms with Crippen molar-refractivity contribution in [1.82, 2.24) is 9.78 Å². The van der Waals surface area contributed by atoms with Gasteiger partial charge in [0.25, 0.3) is 0 Å². The SMILES string of the molecule is COc1ccc(N=C(N)SCc2ccc(-n3cccn3)cc2)cc1.Cl. The lowest BCUT2D eigenvalue weighted by Gasteiger charge is -2.05. The standard InChI is InChI=1S/C18H18N4OS.ClH/c1-23-17-9-5-15(6-10-17)21-18(19)24-13-14-3-7-16(8-4-14)22-12-2-11-20-22;/h2-12H,13H2,1H3,(H2,19,21);1H. The van der Waals surface area contributed by atoms with Gasteiger partial charge in [-0.25, -0.2) is 9.67 Å². The summed E-state index contributed by atoms with van der Waals surface area (Å²) in [5.74, 6) is 1.57. The number of hydrogen-bond donors (Lipinski definition) is 1. The number of aromatic nitrogens is 2. The molecule has 3 rings (SSSR count). The van der Waals surface area contributed by atoms with Crippen molar-refractivity contribution in [1.29, 1.82) is 0 Å². The molecule has 1 heterocycles. The highest BCUT2D eigenvalue weighted by atomic mass is 35.5. The first kappa shape index (κ1) is 18.9. The molecule has 0 fully saturated rings. The van der Waals surface area contributed by atoms with Gasteiger partial charge in [-0.05, 0) is 48.0 Å². The summed E-state index contributed by atoms with van der Waals surface area (Å²) < 4.78 is 6.95. The van der Waals surface area contributed by atoms with Gasteiger partial charge in [-0.2, -0.15) is 5.10 Å². The average molecular weight is 375 g/mol. The zero-order valence-corrected chi connectivity index (χ0v) is 15.3. The van der Waals surface area contributed by atoms with E-state index in [1.165, 1.54) is 17.3 Å². The minimum atomic E-state index is 0. The van der Waals surface area contributed by atoms with Crippen molar-refractivity contribution in [2.75, 3.05) is 7.11 Å². The second-order valence-electron chi connectivity index (χ2n) is 5.05. The fourth-order valence-corrected chi connectivity index (χ4v) is 2.82. The number of nitrogens with zero attached hydrogens (tertiary/aromatic N) is 3. The Morgan fingerprint density at radius 1 is 1.16 bits per heavy atom. The molecule has 2 N–H and O–H groups in total. The summed E-state index contributed by atoms with van der Waals surface area (Å²) in [6.07, 6.45) is 3.68. The van der Waals surface area contributed by atoms with Crippen LogP contribution in [-0.2, 0) is 5.75 Å². The molecule has 1 aromatic heterocycles. The molecular formula is C18H19ClN4OS. The fraction of sp³-hybridized carbons (Fsp3) is 0.111. The smallest absolute Gasteiger partial charge is 0.159 e. The van der Waals surface area contributed by atoms with Gasteiger partial charge >= 0.3 is 0 Å². The fourth-order valence-electron chi connectivity index (χ4n) is 2.14. The molecule has 0 saturated carbocycles. The first-order valence-electron chi connectivity index (χ1n) is 7.44. The highest BCUT2D eigenvalue weighted by Gasteiger charge is 2.00. The number of thioether (sulfide) groups is 1. The highest BCUT2D eigenvalue weighted by molar-refractivity contribution is 8.13. The zero-order chi connectivity index (χ0) is 16.8. The van der Waals surface area contributed by atoms with Gasteiger partial charge in [0.1, 0.15) is 5.75 Å². The number of rotatable bonds is 5. The molecule has 0 aliphatic rings. The van der Waals surface area contributed by atoms with Gasteiger partial charge in [0.2, 0.25) is 0 Å². The van der Waals surface area contributed by atoms with Gasteiger partial charge in [-0.3, -0.25) is 0 Å². The number of ether oxygens (including phenoxy) is 1. The molecule has 0 aliphatic heterocycles. The van der Waals surface area contributed by atoms with Crippen LogP contribution in [0.5, 0.6) is 5.75 Å². The Labute approximate surface area is 157 Å². The molecule has 25 heavy (non-hydrogen) atoms. The Morgan fingerprint density at radius 2 is 1.88 bits per heavy atom. The number of amidine groups is 1. The molecule has 3 aromatic rings. The van der Waals surface area contributed by atoms with Gasteiger partial charge in [0, 0.05) is 18.1 Å². The molecule has 5 nitrogen and oxygen atoms in total. The van der Waals surface area contributed by atoms with E-state index in [0.29, 0.717) is 5.17 Å². The quantitative estimate of drug-likeness (QED) is 0.537. The summed E-state index contributed by atoms with van der Waals surface area (Å²) >= 11 is 1.51. The van der Waals surface area contributed by atoms with Crippen LogP contribution in [0.4, 0.5) is 5.69 Å². The predicted octanol–water partition coefficient (Wildman–Crippen LogP) is 4.18. The summed E-state index contributed by atoms with van der Waals surface area (Å²) in [7, 11) is 1.64. The van der Waals surface area contributed by atoms with E-state index in [-0.39, 0.29) is 12.4 Å². The number of nitrogens with two attached hydrogens (primary N) is 1. The molecule has 0 aliphatic carbocycles. The summed E-state index contributed by atoms with van der Waals surface area (Å²) in [5, 5.41) is 4.75. The van der Waals surface area contributed by atoms with E-state index in [1.54, 1.807) is 13.3 Å². The van der Waals surface area contributed by atoms with Crippen molar-refractivity contribution in [3.63, 3.8) is 0 Å². The topological polar surface area (TPSA) is 65.4 Å². The van der Waals surface area contributed by atoms with E-state index in [0.717, 1.165) is 22.9 Å². The molecule has 0 unspecified atom stereocenters. The minimum absolute atomic E-state index is 0. The van der Waals surface area contributed by atoms with Crippen molar-refractivity contribution in [2.24, 2.45) is 10.7 Å². The van der Waals surface area contributed by atoms with Gasteiger partial charge in [0.05, 0.1) is 18.5 Å². The zero-order valence-electron chi connectivity index (χ0n) is 13.7. The maximum atomic E-state index is 6.00. The lowest BCUT2D eigenvalue weighted by Crippen LogP contribution is -2.06. The van der Waals surface area contributed by atoms with E-state index in [2.05, 4.69) is 22.2 Å². The third-order valence-corrected chi connectivity index (χ3v) is 4.27. The molecule has 2 aromatic carbocycles. The predicted molar refractivity (Wildman–Crippen MR) is 106 cm³/mol. The molecule has 0 saturated heterocycles. The van der Waals surface area contributed by atoms with Crippen LogP contribution in [0.3, 0.4) is 0 Å². The van der Waals surface area contributed by atoms with Crippen LogP contribution in [0, 0.1) is 0 Å². The van der Waals surface area contributed by atoms with Crippen LogP contribution in [-0.4, -0.2) is 22.1 Å². The van der Waals surface area contributed by atoms with Crippen molar-refractivity contribution < 1.29 is 4.74 Å². The lowest BCUT2D eigenvalue weighted by molar-refractivity contribution is 0.415. The van der Waals surface area contributed by atoms with Gasteiger partial charge in [-0.1, -0.05) is 23.9 Å². The number of aliphatic imine (C=N–C) groups is 1. The second-order valence-corrected chi connectivity index (χ2v) is 6.05. The molecular weight excluding hydrogens is 356 g/mol.